The Morgan fingerprint density at radius 1 is 1.43 bits per heavy atom. The third kappa shape index (κ3) is 2.08. The van der Waals surface area contributed by atoms with Crippen molar-refractivity contribution in [3.8, 4) is 0 Å². The minimum Gasteiger partial charge on any atom is -0.353 e. The van der Waals surface area contributed by atoms with Crippen LogP contribution in [-0.4, -0.2) is 18.5 Å². The Kier molecular flexibility index (Phi) is 3.06. The molecule has 3 heteroatoms. The summed E-state index contributed by atoms with van der Waals surface area (Å²) in [6.45, 7) is 2.91. The highest BCUT2D eigenvalue weighted by atomic mass is 35.5. The number of alkyl halides is 1. The molecule has 2 nitrogen and oxygen atoms in total. The number of benzene rings is 1. The van der Waals surface area contributed by atoms with Crippen LogP contribution in [0.25, 0.3) is 0 Å². The third-order valence-corrected chi connectivity index (χ3v) is 2.76. The van der Waals surface area contributed by atoms with E-state index in [0.29, 0.717) is 5.88 Å². The van der Waals surface area contributed by atoms with Crippen LogP contribution >= 0.6 is 11.6 Å². The van der Waals surface area contributed by atoms with E-state index in [1.54, 1.807) is 0 Å². The lowest BCUT2D eigenvalue weighted by atomic mass is 10.1. The summed E-state index contributed by atoms with van der Waals surface area (Å²) in [5, 5.41) is 3.29. The summed E-state index contributed by atoms with van der Waals surface area (Å²) < 4.78 is 5.69. The third-order valence-electron chi connectivity index (χ3n) is 2.41. The number of ether oxygens (including phenoxy) is 1. The first kappa shape index (κ1) is 9.97. The molecule has 0 aliphatic carbocycles. The van der Waals surface area contributed by atoms with Gasteiger partial charge in [0, 0.05) is 12.4 Å². The van der Waals surface area contributed by atoms with E-state index in [1.807, 2.05) is 0 Å². The maximum Gasteiger partial charge on any atom is 0.134 e. The number of nitrogens with one attached hydrogen (secondary N) is 1. The highest BCUT2D eigenvalue weighted by Gasteiger charge is 2.24. The van der Waals surface area contributed by atoms with E-state index in [4.69, 9.17) is 16.3 Å². The fourth-order valence-electron chi connectivity index (χ4n) is 1.56. The number of halogens is 1. The first-order valence-electron chi connectivity index (χ1n) is 4.81. The van der Waals surface area contributed by atoms with Gasteiger partial charge >= 0.3 is 0 Å². The molecule has 0 saturated carbocycles. The summed E-state index contributed by atoms with van der Waals surface area (Å²) >= 11 is 5.72. The molecule has 1 aromatic carbocycles. The second-order valence-electron chi connectivity index (χ2n) is 3.61. The minimum absolute atomic E-state index is 0.0133. The maximum absolute atomic E-state index is 5.72. The number of rotatable bonds is 2. The van der Waals surface area contributed by atoms with Crippen molar-refractivity contribution in [3.63, 3.8) is 0 Å². The molecule has 76 valence electrons. The highest BCUT2D eigenvalue weighted by molar-refractivity contribution is 6.18. The first-order chi connectivity index (χ1) is 6.79. The molecule has 1 saturated heterocycles. The average Bonchev–Trinajstić information content (AvgIpc) is 2.67. The Labute approximate surface area is 89.2 Å². The molecule has 0 amide bonds. The predicted molar refractivity (Wildman–Crippen MR) is 57.5 cm³/mol. The van der Waals surface area contributed by atoms with Gasteiger partial charge in [0.1, 0.15) is 6.23 Å². The molecule has 0 bridgehead atoms. The molecule has 2 rings (SSSR count). The van der Waals surface area contributed by atoms with Crippen LogP contribution in [0.2, 0.25) is 0 Å². The largest absolute Gasteiger partial charge is 0.353 e. The summed E-state index contributed by atoms with van der Waals surface area (Å²) in [7, 11) is 0. The summed E-state index contributed by atoms with van der Waals surface area (Å²) in [4.78, 5) is 0. The number of aryl methyl sites for hydroxylation is 1. The lowest BCUT2D eigenvalue weighted by Crippen LogP contribution is -2.15. The molecule has 1 aliphatic heterocycles. The van der Waals surface area contributed by atoms with Gasteiger partial charge in [-0.25, -0.2) is 0 Å². The summed E-state index contributed by atoms with van der Waals surface area (Å²) in [5.41, 5.74) is 2.43. The van der Waals surface area contributed by atoms with Crippen LogP contribution in [0.4, 0.5) is 0 Å². The Hall–Kier alpha value is -0.570. The lowest BCUT2D eigenvalue weighted by molar-refractivity contribution is 0.0528. The van der Waals surface area contributed by atoms with Gasteiger partial charge < -0.3 is 4.74 Å². The zero-order valence-corrected chi connectivity index (χ0v) is 8.92. The van der Waals surface area contributed by atoms with Gasteiger partial charge in [-0.15, -0.1) is 11.6 Å². The van der Waals surface area contributed by atoms with E-state index in [9.17, 15) is 0 Å². The Morgan fingerprint density at radius 3 is 2.71 bits per heavy atom. The topological polar surface area (TPSA) is 21.3 Å². The number of hydrogen-bond acceptors (Lipinski definition) is 2. The Balaban J connectivity index is 2.06. The molecule has 1 fully saturated rings. The highest BCUT2D eigenvalue weighted by Crippen LogP contribution is 2.21. The molecule has 0 aromatic heterocycles. The quantitative estimate of drug-likeness (QED) is 0.758. The second-order valence-corrected chi connectivity index (χ2v) is 3.92. The smallest absolute Gasteiger partial charge is 0.134 e. The van der Waals surface area contributed by atoms with Gasteiger partial charge in [0.05, 0.1) is 6.10 Å². The standard InChI is InChI=1S/C11H14ClNO/c1-8-2-4-9(5-3-8)11-13-7-10(6-12)14-11/h2-5,10-11,13H,6-7H2,1H3. The number of hydrogen-bond donors (Lipinski definition) is 1. The maximum atomic E-state index is 5.72. The second kappa shape index (κ2) is 4.30. The van der Waals surface area contributed by atoms with Crippen molar-refractivity contribution < 1.29 is 4.74 Å². The normalized spacial score (nSPS) is 26.7. The summed E-state index contributed by atoms with van der Waals surface area (Å²) in [5.74, 6) is 0.551. The molecule has 1 heterocycles. The zero-order chi connectivity index (χ0) is 9.97. The Morgan fingerprint density at radius 2 is 2.14 bits per heavy atom. The van der Waals surface area contributed by atoms with Crippen molar-refractivity contribution >= 4 is 11.6 Å². The summed E-state index contributed by atoms with van der Waals surface area (Å²) in [6, 6.07) is 8.36. The van der Waals surface area contributed by atoms with E-state index < -0.39 is 0 Å². The predicted octanol–water partition coefficient (Wildman–Crippen LogP) is 2.22. The van der Waals surface area contributed by atoms with Crippen molar-refractivity contribution in [1.29, 1.82) is 0 Å². The molecule has 1 aliphatic rings. The molecular weight excluding hydrogens is 198 g/mol. The molecule has 1 aromatic rings. The van der Waals surface area contributed by atoms with Gasteiger partial charge in [-0.1, -0.05) is 29.8 Å². The molecule has 14 heavy (non-hydrogen) atoms. The summed E-state index contributed by atoms with van der Waals surface area (Å²) in [6.07, 6.45) is 0.155. The fraction of sp³-hybridized carbons (Fsp3) is 0.455. The van der Waals surface area contributed by atoms with Gasteiger partial charge in [0.15, 0.2) is 0 Å². The fourth-order valence-corrected chi connectivity index (χ4v) is 1.74. The van der Waals surface area contributed by atoms with E-state index in [0.717, 1.165) is 6.54 Å². The van der Waals surface area contributed by atoms with Crippen molar-refractivity contribution in [2.24, 2.45) is 0 Å². The van der Waals surface area contributed by atoms with Crippen LogP contribution in [0.5, 0.6) is 0 Å². The molecule has 2 unspecified atom stereocenters. The van der Waals surface area contributed by atoms with Gasteiger partial charge in [-0.3, -0.25) is 5.32 Å². The van der Waals surface area contributed by atoms with Gasteiger partial charge in [0.25, 0.3) is 0 Å². The minimum atomic E-state index is 0.0133. The van der Waals surface area contributed by atoms with E-state index in [2.05, 4.69) is 36.5 Å². The SMILES string of the molecule is Cc1ccc(C2NCC(CCl)O2)cc1. The van der Waals surface area contributed by atoms with Crippen molar-refractivity contribution in [1.82, 2.24) is 5.32 Å². The Bertz CT molecular complexity index is 299. The van der Waals surface area contributed by atoms with Gasteiger partial charge in [0.2, 0.25) is 0 Å². The molecular formula is C11H14ClNO. The van der Waals surface area contributed by atoms with Gasteiger partial charge in [-0.2, -0.15) is 0 Å². The zero-order valence-electron chi connectivity index (χ0n) is 8.16. The van der Waals surface area contributed by atoms with Crippen LogP contribution in [0.3, 0.4) is 0 Å². The van der Waals surface area contributed by atoms with Crippen LogP contribution < -0.4 is 5.32 Å². The van der Waals surface area contributed by atoms with Gasteiger partial charge in [-0.05, 0) is 12.5 Å². The first-order valence-corrected chi connectivity index (χ1v) is 5.34. The average molecular weight is 212 g/mol. The lowest BCUT2D eigenvalue weighted by Gasteiger charge is -2.11. The van der Waals surface area contributed by atoms with Crippen molar-refractivity contribution in [2.75, 3.05) is 12.4 Å². The van der Waals surface area contributed by atoms with Crippen LogP contribution in [0.15, 0.2) is 24.3 Å². The van der Waals surface area contributed by atoms with Crippen LogP contribution in [-0.2, 0) is 4.74 Å². The van der Waals surface area contributed by atoms with E-state index in [1.165, 1.54) is 11.1 Å². The van der Waals surface area contributed by atoms with Crippen LogP contribution in [0, 0.1) is 6.92 Å². The van der Waals surface area contributed by atoms with Crippen LogP contribution in [0.1, 0.15) is 17.4 Å². The van der Waals surface area contributed by atoms with Crippen molar-refractivity contribution in [2.45, 2.75) is 19.3 Å². The molecule has 0 spiro atoms. The molecule has 2 atom stereocenters. The van der Waals surface area contributed by atoms with E-state index >= 15 is 0 Å². The molecule has 0 radical (unpaired) electrons. The monoisotopic (exact) mass is 211 g/mol. The van der Waals surface area contributed by atoms with E-state index in [-0.39, 0.29) is 12.3 Å². The van der Waals surface area contributed by atoms with Crippen molar-refractivity contribution in [3.05, 3.63) is 35.4 Å². The molecule has 1 N–H and O–H groups in total.